The number of aromatic nitrogens is 2. The van der Waals surface area contributed by atoms with Crippen LogP contribution in [0.3, 0.4) is 0 Å². The van der Waals surface area contributed by atoms with Crippen LogP contribution in [0.15, 0.2) is 42.5 Å². The average Bonchev–Trinajstić information content (AvgIpc) is 3.26. The molecule has 2 amide bonds. The van der Waals surface area contributed by atoms with Gasteiger partial charge >= 0.3 is 0 Å². The van der Waals surface area contributed by atoms with Gasteiger partial charge in [-0.3, -0.25) is 14.9 Å². The number of carbonyl (C=O) groups excluding carboxylic acids is 2. The van der Waals surface area contributed by atoms with Crippen molar-refractivity contribution in [2.75, 3.05) is 7.11 Å². The standard InChI is InChI=1S/C21H19N3O4S/c1-24-17-9-14(27-2)7-8-16(17)22-18(24)11-28-13-5-3-12(4-6-13)15-10-21(15)19(25)23-20(26)29-21/h3-9,15H,10-11H2,1-2H3,(H,23,25,26). The summed E-state index contributed by atoms with van der Waals surface area (Å²) in [4.78, 5) is 28.1. The Bertz CT molecular complexity index is 1140. The van der Waals surface area contributed by atoms with Gasteiger partial charge in [-0.25, -0.2) is 4.98 Å². The number of fused-ring (bicyclic) bond motifs is 1. The van der Waals surface area contributed by atoms with Gasteiger partial charge in [-0.2, -0.15) is 0 Å². The van der Waals surface area contributed by atoms with E-state index < -0.39 is 4.75 Å². The maximum absolute atomic E-state index is 12.0. The zero-order valence-electron chi connectivity index (χ0n) is 16.0. The number of imidazole rings is 1. The van der Waals surface area contributed by atoms with Crippen LogP contribution in [0.1, 0.15) is 23.7 Å². The molecule has 7 nitrogen and oxygen atoms in total. The van der Waals surface area contributed by atoms with E-state index >= 15 is 0 Å². The van der Waals surface area contributed by atoms with E-state index in [0.717, 1.165) is 45.7 Å². The molecule has 1 aliphatic carbocycles. The smallest absolute Gasteiger partial charge is 0.286 e. The number of hydrogen-bond donors (Lipinski definition) is 1. The van der Waals surface area contributed by atoms with E-state index in [9.17, 15) is 9.59 Å². The van der Waals surface area contributed by atoms with Crippen LogP contribution in [0.25, 0.3) is 11.0 Å². The predicted octanol–water partition coefficient (Wildman–Crippen LogP) is 3.37. The molecule has 1 aromatic heterocycles. The van der Waals surface area contributed by atoms with Gasteiger partial charge in [0.15, 0.2) is 0 Å². The van der Waals surface area contributed by atoms with Gasteiger partial charge in [0, 0.05) is 19.0 Å². The van der Waals surface area contributed by atoms with Crippen molar-refractivity contribution in [3.63, 3.8) is 0 Å². The van der Waals surface area contributed by atoms with E-state index in [1.807, 2.05) is 54.1 Å². The molecule has 2 aromatic carbocycles. The molecule has 2 unspecified atom stereocenters. The van der Waals surface area contributed by atoms with Crippen LogP contribution in [0.5, 0.6) is 11.5 Å². The monoisotopic (exact) mass is 409 g/mol. The van der Waals surface area contributed by atoms with Crippen molar-refractivity contribution in [2.24, 2.45) is 7.05 Å². The van der Waals surface area contributed by atoms with Gasteiger partial charge in [0.1, 0.15) is 28.7 Å². The molecule has 0 bridgehead atoms. The third kappa shape index (κ3) is 2.95. The van der Waals surface area contributed by atoms with Gasteiger partial charge < -0.3 is 14.0 Å². The van der Waals surface area contributed by atoms with E-state index in [-0.39, 0.29) is 17.1 Å². The first-order valence-corrected chi connectivity index (χ1v) is 10.1. The van der Waals surface area contributed by atoms with Crippen molar-refractivity contribution in [2.45, 2.75) is 23.7 Å². The maximum Gasteiger partial charge on any atom is 0.286 e. The van der Waals surface area contributed by atoms with Crippen molar-refractivity contribution in [1.82, 2.24) is 14.9 Å². The number of hydrogen-bond acceptors (Lipinski definition) is 6. The zero-order valence-corrected chi connectivity index (χ0v) is 16.8. The molecule has 2 heterocycles. The lowest BCUT2D eigenvalue weighted by Gasteiger charge is -2.08. The number of methoxy groups -OCH3 is 1. The second kappa shape index (κ2) is 6.52. The normalized spacial score (nSPS) is 22.9. The topological polar surface area (TPSA) is 82.5 Å². The van der Waals surface area contributed by atoms with Gasteiger partial charge in [-0.1, -0.05) is 12.1 Å². The highest BCUT2D eigenvalue weighted by Gasteiger charge is 2.66. The first-order valence-electron chi connectivity index (χ1n) is 9.27. The second-order valence-corrected chi connectivity index (χ2v) is 8.59. The fourth-order valence-corrected chi connectivity index (χ4v) is 5.00. The van der Waals surface area contributed by atoms with E-state index in [0.29, 0.717) is 13.0 Å². The maximum atomic E-state index is 12.0. The lowest BCUT2D eigenvalue weighted by molar-refractivity contribution is -0.119. The number of amides is 2. The Morgan fingerprint density at radius 1 is 1.21 bits per heavy atom. The number of rotatable bonds is 5. The summed E-state index contributed by atoms with van der Waals surface area (Å²) in [6.07, 6.45) is 0.693. The first-order chi connectivity index (χ1) is 14.0. The Balaban J connectivity index is 1.28. The van der Waals surface area contributed by atoms with Gasteiger partial charge in [0.2, 0.25) is 5.91 Å². The average molecular weight is 409 g/mol. The third-order valence-electron chi connectivity index (χ3n) is 5.62. The number of imide groups is 1. The van der Waals surface area contributed by atoms with Crippen LogP contribution in [-0.4, -0.2) is 32.6 Å². The molecule has 2 fully saturated rings. The number of ether oxygens (including phenoxy) is 2. The largest absolute Gasteiger partial charge is 0.497 e. The van der Waals surface area contributed by atoms with E-state index in [2.05, 4.69) is 10.3 Å². The fraction of sp³-hybridized carbons (Fsp3) is 0.286. The number of thioether (sulfide) groups is 1. The minimum atomic E-state index is -0.604. The summed E-state index contributed by atoms with van der Waals surface area (Å²) in [6, 6.07) is 13.5. The summed E-state index contributed by atoms with van der Waals surface area (Å²) in [5.74, 6) is 2.24. The summed E-state index contributed by atoms with van der Waals surface area (Å²) >= 11 is 1.11. The molecule has 0 radical (unpaired) electrons. The molecule has 1 aliphatic heterocycles. The number of nitrogens with zero attached hydrogens (tertiary/aromatic N) is 2. The van der Waals surface area contributed by atoms with Crippen LogP contribution in [0.4, 0.5) is 4.79 Å². The minimum absolute atomic E-state index is 0.0721. The third-order valence-corrected chi connectivity index (χ3v) is 6.90. The van der Waals surface area contributed by atoms with Crippen molar-refractivity contribution in [3.05, 3.63) is 53.9 Å². The fourth-order valence-electron chi connectivity index (χ4n) is 3.85. The number of benzene rings is 2. The SMILES string of the molecule is COc1ccc2nc(COc3ccc(C4CC45SC(=O)NC5=O)cc3)n(C)c2c1. The quantitative estimate of drug-likeness (QED) is 0.696. The lowest BCUT2D eigenvalue weighted by atomic mass is 10.1. The Morgan fingerprint density at radius 3 is 2.66 bits per heavy atom. The molecule has 1 N–H and O–H groups in total. The van der Waals surface area contributed by atoms with Crippen molar-refractivity contribution >= 4 is 33.9 Å². The number of nitrogens with one attached hydrogen (secondary N) is 1. The van der Waals surface area contributed by atoms with Crippen LogP contribution in [0.2, 0.25) is 0 Å². The molecule has 1 spiro atoms. The first kappa shape index (κ1) is 18.1. The van der Waals surface area contributed by atoms with Gasteiger partial charge in [-0.05, 0) is 48.0 Å². The highest BCUT2D eigenvalue weighted by atomic mass is 32.2. The number of aryl methyl sites for hydroxylation is 1. The zero-order chi connectivity index (χ0) is 20.2. The van der Waals surface area contributed by atoms with Crippen LogP contribution in [-0.2, 0) is 18.4 Å². The highest BCUT2D eigenvalue weighted by molar-refractivity contribution is 8.16. The molecule has 3 aromatic rings. The summed E-state index contributed by atoms with van der Waals surface area (Å²) in [6.45, 7) is 0.340. The number of carbonyl (C=O) groups is 2. The Labute approximate surface area is 171 Å². The molecular weight excluding hydrogens is 390 g/mol. The molecule has 8 heteroatoms. The minimum Gasteiger partial charge on any atom is -0.497 e. The van der Waals surface area contributed by atoms with Crippen LogP contribution in [0, 0.1) is 0 Å². The highest BCUT2D eigenvalue weighted by Crippen LogP contribution is 2.62. The molecular formula is C21H19N3O4S. The molecule has 2 aliphatic rings. The Hall–Kier alpha value is -3.00. The summed E-state index contributed by atoms with van der Waals surface area (Å²) < 4.78 is 12.6. The molecule has 148 valence electrons. The van der Waals surface area contributed by atoms with Crippen molar-refractivity contribution in [1.29, 1.82) is 0 Å². The summed E-state index contributed by atoms with van der Waals surface area (Å²) in [5.41, 5.74) is 2.92. The van der Waals surface area contributed by atoms with E-state index in [4.69, 9.17) is 9.47 Å². The molecule has 29 heavy (non-hydrogen) atoms. The molecule has 1 saturated heterocycles. The molecule has 1 saturated carbocycles. The summed E-state index contributed by atoms with van der Waals surface area (Å²) in [7, 11) is 3.60. The van der Waals surface area contributed by atoms with Crippen molar-refractivity contribution < 1.29 is 19.1 Å². The van der Waals surface area contributed by atoms with Gasteiger partial charge in [0.05, 0.1) is 18.1 Å². The van der Waals surface area contributed by atoms with Crippen molar-refractivity contribution in [3.8, 4) is 11.5 Å². The van der Waals surface area contributed by atoms with E-state index in [1.54, 1.807) is 7.11 Å². The Kier molecular flexibility index (Phi) is 4.06. The van der Waals surface area contributed by atoms with Gasteiger partial charge in [0.25, 0.3) is 5.24 Å². The lowest BCUT2D eigenvalue weighted by Crippen LogP contribution is -2.26. The van der Waals surface area contributed by atoms with E-state index in [1.165, 1.54) is 0 Å². The molecule has 2 atom stereocenters. The predicted molar refractivity (Wildman–Crippen MR) is 109 cm³/mol. The second-order valence-electron chi connectivity index (χ2n) is 7.29. The summed E-state index contributed by atoms with van der Waals surface area (Å²) in [5, 5.41) is 2.13. The van der Waals surface area contributed by atoms with Crippen LogP contribution < -0.4 is 14.8 Å². The Morgan fingerprint density at radius 2 is 1.97 bits per heavy atom. The molecule has 5 rings (SSSR count). The van der Waals surface area contributed by atoms with Gasteiger partial charge in [-0.15, -0.1) is 0 Å². The van der Waals surface area contributed by atoms with Crippen LogP contribution >= 0.6 is 11.8 Å².